The Morgan fingerprint density at radius 2 is 2.17 bits per heavy atom. The number of piperazine rings is 1. The lowest BCUT2D eigenvalue weighted by molar-refractivity contribution is 0.0766. The highest BCUT2D eigenvalue weighted by molar-refractivity contribution is 5.85. The van der Waals surface area contributed by atoms with Crippen molar-refractivity contribution in [2.24, 2.45) is 0 Å². The molecule has 0 unspecified atom stereocenters. The van der Waals surface area contributed by atoms with Gasteiger partial charge in [-0.2, -0.15) is 0 Å². The molecule has 0 aromatic carbocycles. The van der Waals surface area contributed by atoms with Gasteiger partial charge in [-0.25, -0.2) is 4.79 Å². The zero-order chi connectivity index (χ0) is 8.48. The first-order valence-electron chi connectivity index (χ1n) is 3.75. The molecule has 1 heterocycles. The van der Waals surface area contributed by atoms with Gasteiger partial charge in [0, 0.05) is 19.6 Å². The molecule has 1 aliphatic heterocycles. The van der Waals surface area contributed by atoms with Crippen molar-refractivity contribution in [1.82, 2.24) is 10.2 Å². The quantitative estimate of drug-likeness (QED) is 0.599. The van der Waals surface area contributed by atoms with Crippen LogP contribution in [0.5, 0.6) is 0 Å². The SMILES string of the molecule is CC1(C)CNCCN1C(=O)O.Cl. The number of halogens is 1. The van der Waals surface area contributed by atoms with Crippen LogP contribution in [0.25, 0.3) is 0 Å². The third kappa shape index (κ3) is 2.25. The van der Waals surface area contributed by atoms with E-state index in [1.807, 2.05) is 13.8 Å². The molecule has 0 aliphatic carbocycles. The smallest absolute Gasteiger partial charge is 0.407 e. The minimum Gasteiger partial charge on any atom is -0.465 e. The van der Waals surface area contributed by atoms with Crippen LogP contribution < -0.4 is 5.32 Å². The molecule has 1 rings (SSSR count). The number of carboxylic acid groups (broad SMARTS) is 1. The van der Waals surface area contributed by atoms with Crippen molar-refractivity contribution in [1.29, 1.82) is 0 Å². The fraction of sp³-hybridized carbons (Fsp3) is 0.857. The van der Waals surface area contributed by atoms with E-state index in [9.17, 15) is 4.79 Å². The number of hydrogen-bond donors (Lipinski definition) is 2. The van der Waals surface area contributed by atoms with Crippen LogP contribution in [0.4, 0.5) is 4.79 Å². The molecule has 0 spiro atoms. The summed E-state index contributed by atoms with van der Waals surface area (Å²) in [5.74, 6) is 0. The van der Waals surface area contributed by atoms with E-state index in [1.54, 1.807) is 0 Å². The van der Waals surface area contributed by atoms with Crippen LogP contribution >= 0.6 is 12.4 Å². The van der Waals surface area contributed by atoms with Gasteiger partial charge in [-0.05, 0) is 13.8 Å². The van der Waals surface area contributed by atoms with Crippen molar-refractivity contribution in [2.75, 3.05) is 19.6 Å². The second-order valence-electron chi connectivity index (χ2n) is 3.42. The van der Waals surface area contributed by atoms with Crippen LogP contribution in [0.2, 0.25) is 0 Å². The number of nitrogens with zero attached hydrogens (tertiary/aromatic N) is 1. The Balaban J connectivity index is 0.00000121. The summed E-state index contributed by atoms with van der Waals surface area (Å²) < 4.78 is 0. The van der Waals surface area contributed by atoms with Crippen molar-refractivity contribution in [2.45, 2.75) is 19.4 Å². The molecule has 0 bridgehead atoms. The van der Waals surface area contributed by atoms with E-state index < -0.39 is 6.09 Å². The number of amides is 1. The predicted molar refractivity (Wildman–Crippen MR) is 48.9 cm³/mol. The van der Waals surface area contributed by atoms with Crippen LogP contribution in [-0.4, -0.2) is 41.3 Å². The van der Waals surface area contributed by atoms with E-state index in [0.29, 0.717) is 6.54 Å². The zero-order valence-corrected chi connectivity index (χ0v) is 8.15. The lowest BCUT2D eigenvalue weighted by Crippen LogP contribution is -2.59. The van der Waals surface area contributed by atoms with Crippen molar-refractivity contribution >= 4 is 18.5 Å². The molecule has 5 heteroatoms. The van der Waals surface area contributed by atoms with Gasteiger partial charge in [-0.1, -0.05) is 0 Å². The van der Waals surface area contributed by atoms with Gasteiger partial charge in [-0.3, -0.25) is 0 Å². The highest BCUT2D eigenvalue weighted by Gasteiger charge is 2.32. The Labute approximate surface area is 78.3 Å². The average Bonchev–Trinajstić information content (AvgIpc) is 1.85. The second-order valence-corrected chi connectivity index (χ2v) is 3.42. The highest BCUT2D eigenvalue weighted by Crippen LogP contribution is 2.15. The van der Waals surface area contributed by atoms with E-state index in [2.05, 4.69) is 5.32 Å². The fourth-order valence-electron chi connectivity index (χ4n) is 1.34. The van der Waals surface area contributed by atoms with Crippen molar-refractivity contribution in [3.8, 4) is 0 Å². The Kier molecular flexibility index (Phi) is 3.80. The van der Waals surface area contributed by atoms with E-state index in [1.165, 1.54) is 4.90 Å². The first-order chi connectivity index (χ1) is 5.04. The van der Waals surface area contributed by atoms with Gasteiger partial charge >= 0.3 is 6.09 Å². The summed E-state index contributed by atoms with van der Waals surface area (Å²) in [6.07, 6.45) is -0.823. The van der Waals surface area contributed by atoms with Crippen molar-refractivity contribution < 1.29 is 9.90 Å². The van der Waals surface area contributed by atoms with Crippen LogP contribution in [0, 0.1) is 0 Å². The Morgan fingerprint density at radius 3 is 2.50 bits per heavy atom. The second kappa shape index (κ2) is 3.96. The summed E-state index contributed by atoms with van der Waals surface area (Å²) >= 11 is 0. The fourth-order valence-corrected chi connectivity index (χ4v) is 1.34. The third-order valence-electron chi connectivity index (χ3n) is 2.03. The molecule has 0 aromatic heterocycles. The predicted octanol–water partition coefficient (Wildman–Crippen LogP) is 0.770. The van der Waals surface area contributed by atoms with Gasteiger partial charge in [0.05, 0.1) is 5.54 Å². The monoisotopic (exact) mass is 194 g/mol. The molecule has 1 saturated heterocycles. The lowest BCUT2D eigenvalue weighted by Gasteiger charge is -2.40. The van der Waals surface area contributed by atoms with Crippen LogP contribution in [0.15, 0.2) is 0 Å². The molecule has 72 valence electrons. The standard InChI is InChI=1S/C7H14N2O2.ClH/c1-7(2)5-8-3-4-9(7)6(10)11;/h8H,3-5H2,1-2H3,(H,10,11);1H. The van der Waals surface area contributed by atoms with Gasteiger partial charge < -0.3 is 15.3 Å². The number of carbonyl (C=O) groups is 1. The molecule has 0 saturated carbocycles. The Bertz CT molecular complexity index is 173. The van der Waals surface area contributed by atoms with Crippen molar-refractivity contribution in [3.63, 3.8) is 0 Å². The molecule has 0 atom stereocenters. The minimum atomic E-state index is -0.823. The van der Waals surface area contributed by atoms with Gasteiger partial charge in [0.25, 0.3) is 0 Å². The maximum atomic E-state index is 10.7. The molecule has 4 nitrogen and oxygen atoms in total. The molecule has 0 aromatic rings. The third-order valence-corrected chi connectivity index (χ3v) is 2.03. The first kappa shape index (κ1) is 11.5. The number of rotatable bonds is 0. The van der Waals surface area contributed by atoms with E-state index in [0.717, 1.165) is 13.1 Å². The largest absolute Gasteiger partial charge is 0.465 e. The molecule has 1 amide bonds. The molecule has 1 fully saturated rings. The van der Waals surface area contributed by atoms with Crippen LogP contribution in [0.3, 0.4) is 0 Å². The maximum absolute atomic E-state index is 10.7. The summed E-state index contributed by atoms with van der Waals surface area (Å²) in [6.45, 7) is 5.93. The lowest BCUT2D eigenvalue weighted by atomic mass is 10.0. The van der Waals surface area contributed by atoms with Gasteiger partial charge in [0.1, 0.15) is 0 Å². The summed E-state index contributed by atoms with van der Waals surface area (Å²) in [6, 6.07) is 0. The molecule has 2 N–H and O–H groups in total. The van der Waals surface area contributed by atoms with Crippen molar-refractivity contribution in [3.05, 3.63) is 0 Å². The molecule has 1 aliphatic rings. The molecule has 12 heavy (non-hydrogen) atoms. The van der Waals surface area contributed by atoms with Crippen LogP contribution in [0.1, 0.15) is 13.8 Å². The normalized spacial score (nSPS) is 21.3. The Morgan fingerprint density at radius 1 is 1.58 bits per heavy atom. The summed E-state index contributed by atoms with van der Waals surface area (Å²) in [5, 5.41) is 11.9. The molecule has 0 radical (unpaired) electrons. The summed E-state index contributed by atoms with van der Waals surface area (Å²) in [5.41, 5.74) is -0.260. The summed E-state index contributed by atoms with van der Waals surface area (Å²) in [7, 11) is 0. The van der Waals surface area contributed by atoms with Crippen LogP contribution in [-0.2, 0) is 0 Å². The van der Waals surface area contributed by atoms with Gasteiger partial charge in [0.15, 0.2) is 0 Å². The maximum Gasteiger partial charge on any atom is 0.407 e. The molecular weight excluding hydrogens is 180 g/mol. The average molecular weight is 195 g/mol. The van der Waals surface area contributed by atoms with E-state index >= 15 is 0 Å². The Hall–Kier alpha value is -0.480. The zero-order valence-electron chi connectivity index (χ0n) is 7.33. The summed E-state index contributed by atoms with van der Waals surface area (Å²) in [4.78, 5) is 12.1. The number of hydrogen-bond acceptors (Lipinski definition) is 2. The first-order valence-corrected chi connectivity index (χ1v) is 3.75. The van der Waals surface area contributed by atoms with Gasteiger partial charge in [-0.15, -0.1) is 12.4 Å². The topological polar surface area (TPSA) is 52.6 Å². The molecular formula is C7H15ClN2O2. The van der Waals surface area contributed by atoms with E-state index in [4.69, 9.17) is 5.11 Å². The number of nitrogens with one attached hydrogen (secondary N) is 1. The van der Waals surface area contributed by atoms with E-state index in [-0.39, 0.29) is 17.9 Å². The van der Waals surface area contributed by atoms with Gasteiger partial charge in [0.2, 0.25) is 0 Å². The highest BCUT2D eigenvalue weighted by atomic mass is 35.5. The minimum absolute atomic E-state index is 0.